The van der Waals surface area contributed by atoms with Crippen LogP contribution in [0.3, 0.4) is 0 Å². The molecule has 0 radical (unpaired) electrons. The Labute approximate surface area is 95.5 Å². The van der Waals surface area contributed by atoms with Crippen LogP contribution < -0.4 is 10.1 Å². The summed E-state index contributed by atoms with van der Waals surface area (Å²) in [7, 11) is 1.72. The van der Waals surface area contributed by atoms with Crippen LogP contribution in [-0.4, -0.2) is 24.3 Å². The lowest BCUT2D eigenvalue weighted by Gasteiger charge is -2.20. The van der Waals surface area contributed by atoms with Gasteiger partial charge in [-0.05, 0) is 31.7 Å². The van der Waals surface area contributed by atoms with Crippen LogP contribution in [-0.2, 0) is 6.61 Å². The van der Waals surface area contributed by atoms with E-state index in [4.69, 9.17) is 15.1 Å². The number of nitrogens with one attached hydrogen (secondary N) is 1. The zero-order chi connectivity index (χ0) is 12.0. The third-order valence-corrected chi connectivity index (χ3v) is 2.43. The smallest absolute Gasteiger partial charge is 0.137 e. The molecule has 0 spiro atoms. The summed E-state index contributed by atoms with van der Waals surface area (Å²) in [6, 6.07) is 9.28. The number of hydrogen-bond acceptors (Lipinski definition) is 4. The Morgan fingerprint density at radius 3 is 2.50 bits per heavy atom. The second kappa shape index (κ2) is 5.50. The summed E-state index contributed by atoms with van der Waals surface area (Å²) in [4.78, 5) is 0. The van der Waals surface area contributed by atoms with Crippen molar-refractivity contribution in [3.05, 3.63) is 29.8 Å². The maximum Gasteiger partial charge on any atom is 0.137 e. The molecule has 0 amide bonds. The molecule has 0 saturated carbocycles. The number of nitrogens with zero attached hydrogens (tertiary/aromatic N) is 1. The van der Waals surface area contributed by atoms with Gasteiger partial charge < -0.3 is 9.84 Å². The van der Waals surface area contributed by atoms with Crippen LogP contribution in [0.15, 0.2) is 24.3 Å². The molecule has 0 aromatic heterocycles. The van der Waals surface area contributed by atoms with E-state index in [9.17, 15) is 0 Å². The number of nitriles is 1. The molecule has 1 aromatic carbocycles. The summed E-state index contributed by atoms with van der Waals surface area (Å²) < 4.78 is 5.49. The molecule has 1 rings (SSSR count). The molecule has 1 atom stereocenters. The molecule has 0 heterocycles. The third kappa shape index (κ3) is 3.23. The van der Waals surface area contributed by atoms with Gasteiger partial charge in [0.2, 0.25) is 0 Å². The molecule has 0 aliphatic rings. The molecule has 0 aliphatic carbocycles. The second-order valence-corrected chi connectivity index (χ2v) is 3.78. The molecule has 4 nitrogen and oxygen atoms in total. The fourth-order valence-corrected chi connectivity index (χ4v) is 1.08. The van der Waals surface area contributed by atoms with Gasteiger partial charge >= 0.3 is 0 Å². The quantitative estimate of drug-likeness (QED) is 0.778. The highest BCUT2D eigenvalue weighted by Crippen LogP contribution is 2.14. The van der Waals surface area contributed by atoms with Gasteiger partial charge in [-0.1, -0.05) is 12.1 Å². The Hall–Kier alpha value is -1.57. The first-order valence-electron chi connectivity index (χ1n) is 5.06. The molecule has 16 heavy (non-hydrogen) atoms. The fourth-order valence-electron chi connectivity index (χ4n) is 1.08. The van der Waals surface area contributed by atoms with E-state index < -0.39 is 5.54 Å². The topological polar surface area (TPSA) is 65.3 Å². The predicted octanol–water partition coefficient (Wildman–Crippen LogP) is 1.06. The largest absolute Gasteiger partial charge is 0.491 e. The fraction of sp³-hybridized carbons (Fsp3) is 0.417. The van der Waals surface area contributed by atoms with Crippen molar-refractivity contribution < 1.29 is 9.84 Å². The van der Waals surface area contributed by atoms with Gasteiger partial charge in [0, 0.05) is 0 Å². The molecule has 1 aromatic rings. The molecular formula is C12H16N2O2. The molecule has 2 N–H and O–H groups in total. The van der Waals surface area contributed by atoms with Crippen LogP contribution >= 0.6 is 0 Å². The van der Waals surface area contributed by atoms with Gasteiger partial charge in [0.25, 0.3) is 0 Å². The lowest BCUT2D eigenvalue weighted by molar-refractivity contribution is 0.242. The van der Waals surface area contributed by atoms with Gasteiger partial charge in [-0.2, -0.15) is 5.26 Å². The number of benzene rings is 1. The molecule has 1 unspecified atom stereocenters. The average molecular weight is 220 g/mol. The highest BCUT2D eigenvalue weighted by molar-refractivity contribution is 5.27. The van der Waals surface area contributed by atoms with Crippen LogP contribution in [0.2, 0.25) is 0 Å². The van der Waals surface area contributed by atoms with Crippen LogP contribution in [0, 0.1) is 11.3 Å². The predicted molar refractivity (Wildman–Crippen MR) is 60.9 cm³/mol. The third-order valence-electron chi connectivity index (χ3n) is 2.43. The molecule has 0 fully saturated rings. The van der Waals surface area contributed by atoms with Gasteiger partial charge in [0.15, 0.2) is 0 Å². The summed E-state index contributed by atoms with van der Waals surface area (Å²) in [6.45, 7) is 2.07. The van der Waals surface area contributed by atoms with Crippen molar-refractivity contribution in [3.63, 3.8) is 0 Å². The molecule has 4 heteroatoms. The van der Waals surface area contributed by atoms with Crippen molar-refractivity contribution in [2.24, 2.45) is 0 Å². The first kappa shape index (κ1) is 12.5. The van der Waals surface area contributed by atoms with E-state index in [0.29, 0.717) is 5.75 Å². The highest BCUT2D eigenvalue weighted by Gasteiger charge is 2.21. The van der Waals surface area contributed by atoms with E-state index in [-0.39, 0.29) is 13.2 Å². The summed E-state index contributed by atoms with van der Waals surface area (Å²) in [5.41, 5.74) is 0.152. The lowest BCUT2D eigenvalue weighted by Crippen LogP contribution is -2.43. The first-order valence-corrected chi connectivity index (χ1v) is 5.06. The van der Waals surface area contributed by atoms with Gasteiger partial charge in [-0.3, -0.25) is 5.32 Å². The molecule has 86 valence electrons. The van der Waals surface area contributed by atoms with Gasteiger partial charge in [0.05, 0.1) is 12.7 Å². The Bertz CT molecular complexity index is 370. The minimum atomic E-state index is -0.685. The lowest BCUT2D eigenvalue weighted by atomic mass is 10.1. The number of aliphatic hydroxyl groups is 1. The average Bonchev–Trinajstić information content (AvgIpc) is 2.36. The molecule has 0 saturated heterocycles. The van der Waals surface area contributed by atoms with E-state index in [1.165, 1.54) is 0 Å². The van der Waals surface area contributed by atoms with E-state index >= 15 is 0 Å². The van der Waals surface area contributed by atoms with Gasteiger partial charge in [-0.15, -0.1) is 0 Å². The molecule has 0 aliphatic heterocycles. The maximum absolute atomic E-state index is 8.92. The monoisotopic (exact) mass is 220 g/mol. The second-order valence-electron chi connectivity index (χ2n) is 3.78. The highest BCUT2D eigenvalue weighted by atomic mass is 16.5. The zero-order valence-corrected chi connectivity index (χ0v) is 9.53. The first-order chi connectivity index (χ1) is 7.63. The van der Waals surface area contributed by atoms with E-state index in [1.807, 2.05) is 0 Å². The Morgan fingerprint density at radius 1 is 1.44 bits per heavy atom. The van der Waals surface area contributed by atoms with Crippen LogP contribution in [0.1, 0.15) is 12.5 Å². The maximum atomic E-state index is 8.92. The van der Waals surface area contributed by atoms with Crippen LogP contribution in [0.4, 0.5) is 0 Å². The number of ether oxygens (including phenoxy) is 1. The van der Waals surface area contributed by atoms with Crippen molar-refractivity contribution in [2.45, 2.75) is 19.1 Å². The Morgan fingerprint density at radius 2 is 2.06 bits per heavy atom. The molecular weight excluding hydrogens is 204 g/mol. The SMILES string of the molecule is CNC(C)(C#N)COc1ccc(CO)cc1. The number of aliphatic hydroxyl groups excluding tert-OH is 1. The number of rotatable bonds is 5. The number of hydrogen-bond donors (Lipinski definition) is 2. The van der Waals surface area contributed by atoms with E-state index in [0.717, 1.165) is 5.56 Å². The normalized spacial score (nSPS) is 13.9. The van der Waals surface area contributed by atoms with Crippen molar-refractivity contribution in [3.8, 4) is 11.8 Å². The summed E-state index contributed by atoms with van der Waals surface area (Å²) in [5.74, 6) is 0.689. The van der Waals surface area contributed by atoms with Crippen molar-refractivity contribution in [1.29, 1.82) is 5.26 Å². The standard InChI is InChI=1S/C12H16N2O2/c1-12(8-13,14-2)9-16-11-5-3-10(7-15)4-6-11/h3-6,14-15H,7,9H2,1-2H3. The summed E-state index contributed by atoms with van der Waals surface area (Å²) in [6.07, 6.45) is 0. The van der Waals surface area contributed by atoms with Crippen LogP contribution in [0.5, 0.6) is 5.75 Å². The van der Waals surface area contributed by atoms with Crippen LogP contribution in [0.25, 0.3) is 0 Å². The molecule has 0 bridgehead atoms. The minimum Gasteiger partial charge on any atom is -0.491 e. The van der Waals surface area contributed by atoms with Gasteiger partial charge in [-0.25, -0.2) is 0 Å². The summed E-state index contributed by atoms with van der Waals surface area (Å²) in [5, 5.41) is 20.7. The zero-order valence-electron chi connectivity index (χ0n) is 9.53. The van der Waals surface area contributed by atoms with E-state index in [1.54, 1.807) is 38.2 Å². The summed E-state index contributed by atoms with van der Waals surface area (Å²) >= 11 is 0. The van der Waals surface area contributed by atoms with Crippen molar-refractivity contribution in [1.82, 2.24) is 5.32 Å². The van der Waals surface area contributed by atoms with Crippen molar-refractivity contribution in [2.75, 3.05) is 13.7 Å². The van der Waals surface area contributed by atoms with Crippen molar-refractivity contribution >= 4 is 0 Å². The minimum absolute atomic E-state index is 0.0205. The number of likely N-dealkylation sites (N-methyl/N-ethyl adjacent to an activating group) is 1. The van der Waals surface area contributed by atoms with E-state index in [2.05, 4.69) is 11.4 Å². The Kier molecular flexibility index (Phi) is 4.29. The Balaban J connectivity index is 2.58. The van der Waals surface area contributed by atoms with Gasteiger partial charge in [0.1, 0.15) is 17.9 Å².